The fraction of sp³-hybridized carbons (Fsp3) is 0.261. The van der Waals surface area contributed by atoms with Gasteiger partial charge in [-0.3, -0.25) is 9.59 Å². The van der Waals surface area contributed by atoms with E-state index in [1.807, 2.05) is 12.1 Å². The van der Waals surface area contributed by atoms with Crippen LogP contribution in [0.15, 0.2) is 64.3 Å². The number of sulfonamides is 1. The number of hydrogen-bond acceptors (Lipinski definition) is 7. The van der Waals surface area contributed by atoms with Crippen LogP contribution < -0.4 is 20.3 Å². The van der Waals surface area contributed by atoms with E-state index in [0.717, 1.165) is 11.6 Å². The molecule has 0 aliphatic heterocycles. The van der Waals surface area contributed by atoms with Gasteiger partial charge in [0.15, 0.2) is 0 Å². The standard InChI is InChI=1S/C23H26N4O6S/c1-32-12-11-25-34(30,31)19-9-5-17(6-10-19)15-24-23(29)20-14-22(28)27-21(26-20)13-16-3-7-18(33-2)8-4-16/h3-10,14,25H,11-13,15H2,1-2H3,(H,24,29)(H,26,27,28). The molecular weight excluding hydrogens is 460 g/mol. The van der Waals surface area contributed by atoms with Crippen LogP contribution >= 0.6 is 0 Å². The van der Waals surface area contributed by atoms with Crippen LogP contribution in [0.4, 0.5) is 0 Å². The van der Waals surface area contributed by atoms with Crippen molar-refractivity contribution in [3.8, 4) is 5.75 Å². The number of methoxy groups -OCH3 is 2. The summed E-state index contributed by atoms with van der Waals surface area (Å²) >= 11 is 0. The normalized spacial score (nSPS) is 11.2. The molecule has 1 aromatic heterocycles. The van der Waals surface area contributed by atoms with E-state index in [9.17, 15) is 18.0 Å². The first-order chi connectivity index (χ1) is 16.3. The van der Waals surface area contributed by atoms with E-state index in [0.29, 0.717) is 23.6 Å². The molecule has 3 N–H and O–H groups in total. The highest BCUT2D eigenvalue weighted by molar-refractivity contribution is 7.89. The molecule has 0 radical (unpaired) electrons. The highest BCUT2D eigenvalue weighted by atomic mass is 32.2. The van der Waals surface area contributed by atoms with Crippen molar-refractivity contribution >= 4 is 15.9 Å². The zero-order chi connectivity index (χ0) is 24.6. The molecule has 3 rings (SSSR count). The highest BCUT2D eigenvalue weighted by Gasteiger charge is 2.14. The molecule has 0 atom stereocenters. The molecule has 1 heterocycles. The molecule has 0 fully saturated rings. The number of benzene rings is 2. The number of aromatic nitrogens is 2. The number of amides is 1. The van der Waals surface area contributed by atoms with E-state index in [2.05, 4.69) is 20.0 Å². The summed E-state index contributed by atoms with van der Waals surface area (Å²) in [6.45, 7) is 0.570. The number of carbonyl (C=O) groups is 1. The van der Waals surface area contributed by atoms with Gasteiger partial charge in [-0.2, -0.15) is 0 Å². The third-order valence-corrected chi connectivity index (χ3v) is 6.32. The van der Waals surface area contributed by atoms with Gasteiger partial charge in [0.1, 0.15) is 17.3 Å². The van der Waals surface area contributed by atoms with Crippen LogP contribution in [-0.4, -0.2) is 51.7 Å². The van der Waals surface area contributed by atoms with Crippen LogP contribution in [0.25, 0.3) is 0 Å². The lowest BCUT2D eigenvalue weighted by Gasteiger charge is -2.09. The lowest BCUT2D eigenvalue weighted by atomic mass is 10.1. The van der Waals surface area contributed by atoms with E-state index >= 15 is 0 Å². The molecule has 0 aliphatic carbocycles. The molecule has 34 heavy (non-hydrogen) atoms. The maximum atomic E-state index is 12.6. The lowest BCUT2D eigenvalue weighted by Crippen LogP contribution is -2.27. The number of ether oxygens (including phenoxy) is 2. The molecule has 0 unspecified atom stereocenters. The van der Waals surface area contributed by atoms with Gasteiger partial charge in [-0.25, -0.2) is 18.1 Å². The van der Waals surface area contributed by atoms with Gasteiger partial charge in [0.05, 0.1) is 18.6 Å². The Balaban J connectivity index is 1.62. The second kappa shape index (κ2) is 11.5. The van der Waals surface area contributed by atoms with Gasteiger partial charge in [-0.15, -0.1) is 0 Å². The van der Waals surface area contributed by atoms with E-state index < -0.39 is 21.5 Å². The summed E-state index contributed by atoms with van der Waals surface area (Å²) in [5.41, 5.74) is 1.15. The van der Waals surface area contributed by atoms with E-state index in [4.69, 9.17) is 9.47 Å². The van der Waals surface area contributed by atoms with Gasteiger partial charge in [-0.1, -0.05) is 24.3 Å². The van der Waals surface area contributed by atoms with Crippen LogP contribution in [0, 0.1) is 0 Å². The molecule has 10 nitrogen and oxygen atoms in total. The van der Waals surface area contributed by atoms with E-state index in [1.54, 1.807) is 31.4 Å². The molecule has 0 aliphatic rings. The van der Waals surface area contributed by atoms with Crippen molar-refractivity contribution in [2.45, 2.75) is 17.9 Å². The molecule has 180 valence electrons. The summed E-state index contributed by atoms with van der Waals surface area (Å²) in [4.78, 5) is 31.6. The Morgan fingerprint density at radius 1 is 1.03 bits per heavy atom. The first-order valence-corrected chi connectivity index (χ1v) is 11.9. The summed E-state index contributed by atoms with van der Waals surface area (Å²) in [7, 11) is -0.572. The summed E-state index contributed by atoms with van der Waals surface area (Å²) in [5.74, 6) is 0.560. The minimum absolute atomic E-state index is 0.00574. The van der Waals surface area contributed by atoms with Gasteiger partial charge in [-0.05, 0) is 35.4 Å². The smallest absolute Gasteiger partial charge is 0.270 e. The Morgan fingerprint density at radius 2 is 1.71 bits per heavy atom. The lowest BCUT2D eigenvalue weighted by molar-refractivity contribution is 0.0945. The van der Waals surface area contributed by atoms with E-state index in [1.165, 1.54) is 19.2 Å². The minimum atomic E-state index is -3.64. The zero-order valence-electron chi connectivity index (χ0n) is 18.8. The van der Waals surface area contributed by atoms with Gasteiger partial charge in [0.2, 0.25) is 10.0 Å². The summed E-state index contributed by atoms with van der Waals surface area (Å²) in [6.07, 6.45) is 0.342. The number of nitrogens with zero attached hydrogens (tertiary/aromatic N) is 1. The van der Waals surface area contributed by atoms with Crippen LogP contribution in [0.3, 0.4) is 0 Å². The van der Waals surface area contributed by atoms with Crippen molar-refractivity contribution in [1.82, 2.24) is 20.0 Å². The summed E-state index contributed by atoms with van der Waals surface area (Å²) in [5, 5.41) is 2.70. The maximum absolute atomic E-state index is 12.6. The first kappa shape index (κ1) is 25.1. The Bertz CT molecular complexity index is 1270. The highest BCUT2D eigenvalue weighted by Crippen LogP contribution is 2.13. The van der Waals surface area contributed by atoms with Crippen molar-refractivity contribution in [3.05, 3.63) is 87.6 Å². The minimum Gasteiger partial charge on any atom is -0.497 e. The predicted molar refractivity (Wildman–Crippen MR) is 125 cm³/mol. The predicted octanol–water partition coefficient (Wildman–Crippen LogP) is 1.22. The fourth-order valence-corrected chi connectivity index (χ4v) is 4.08. The molecule has 0 spiro atoms. The third kappa shape index (κ3) is 6.98. The largest absolute Gasteiger partial charge is 0.497 e. The Kier molecular flexibility index (Phi) is 8.52. The van der Waals surface area contributed by atoms with Crippen LogP contribution in [-0.2, 0) is 27.7 Å². The number of rotatable bonds is 11. The average Bonchev–Trinajstić information content (AvgIpc) is 2.83. The first-order valence-electron chi connectivity index (χ1n) is 10.4. The van der Waals surface area contributed by atoms with Crippen molar-refractivity contribution in [1.29, 1.82) is 0 Å². The molecule has 0 saturated heterocycles. The molecule has 0 saturated carbocycles. The molecule has 2 aromatic carbocycles. The van der Waals surface area contributed by atoms with Gasteiger partial charge < -0.3 is 19.8 Å². The molecule has 3 aromatic rings. The molecular formula is C23H26N4O6S. The van der Waals surface area contributed by atoms with Gasteiger partial charge in [0, 0.05) is 32.7 Å². The summed E-state index contributed by atoms with van der Waals surface area (Å²) < 4.78 is 36.8. The van der Waals surface area contributed by atoms with Crippen molar-refractivity contribution < 1.29 is 22.7 Å². The van der Waals surface area contributed by atoms with Crippen molar-refractivity contribution in [2.24, 2.45) is 0 Å². The van der Waals surface area contributed by atoms with Gasteiger partial charge >= 0.3 is 0 Å². The number of H-pyrrole nitrogens is 1. The Hall–Kier alpha value is -3.54. The molecule has 1 amide bonds. The van der Waals surface area contributed by atoms with Crippen molar-refractivity contribution in [2.75, 3.05) is 27.4 Å². The quantitative estimate of drug-likeness (QED) is 0.346. The maximum Gasteiger partial charge on any atom is 0.270 e. The monoisotopic (exact) mass is 486 g/mol. The Morgan fingerprint density at radius 3 is 2.35 bits per heavy atom. The van der Waals surface area contributed by atoms with Crippen LogP contribution in [0.2, 0.25) is 0 Å². The van der Waals surface area contributed by atoms with Crippen LogP contribution in [0.5, 0.6) is 5.75 Å². The number of carbonyl (C=O) groups excluding carboxylic acids is 1. The number of aromatic amines is 1. The number of nitrogens with one attached hydrogen (secondary N) is 3. The molecule has 11 heteroatoms. The number of hydrogen-bond donors (Lipinski definition) is 3. The second-order valence-corrected chi connectivity index (χ2v) is 9.09. The average molecular weight is 487 g/mol. The fourth-order valence-electron chi connectivity index (χ4n) is 3.07. The summed E-state index contributed by atoms with van der Waals surface area (Å²) in [6, 6.07) is 14.5. The second-order valence-electron chi connectivity index (χ2n) is 7.32. The Labute approximate surface area is 197 Å². The SMILES string of the molecule is COCCNS(=O)(=O)c1ccc(CNC(=O)c2cc(=O)[nH]c(Cc3ccc(OC)cc3)n2)cc1. The van der Waals surface area contributed by atoms with E-state index in [-0.39, 0.29) is 30.3 Å². The third-order valence-electron chi connectivity index (χ3n) is 4.84. The molecule has 0 bridgehead atoms. The topological polar surface area (TPSA) is 139 Å². The van der Waals surface area contributed by atoms with Crippen molar-refractivity contribution in [3.63, 3.8) is 0 Å². The zero-order valence-corrected chi connectivity index (χ0v) is 19.6. The van der Waals surface area contributed by atoms with Crippen LogP contribution in [0.1, 0.15) is 27.4 Å². The van der Waals surface area contributed by atoms with Gasteiger partial charge in [0.25, 0.3) is 11.5 Å².